The molecule has 144 valence electrons. The van der Waals surface area contributed by atoms with E-state index in [4.69, 9.17) is 0 Å². The van der Waals surface area contributed by atoms with Crippen LogP contribution in [-0.4, -0.2) is 3.21 Å². The van der Waals surface area contributed by atoms with Crippen LogP contribution in [0.15, 0.2) is 97.1 Å². The monoisotopic (exact) mass is 462 g/mol. The third kappa shape index (κ3) is 4.63. The summed E-state index contributed by atoms with van der Waals surface area (Å²) >= 11 is 1.55. The van der Waals surface area contributed by atoms with Crippen LogP contribution in [0.2, 0.25) is 0 Å². The van der Waals surface area contributed by atoms with Gasteiger partial charge in [0.1, 0.15) is 0 Å². The molecule has 5 aromatic rings. The van der Waals surface area contributed by atoms with Crippen molar-refractivity contribution in [1.82, 2.24) is 0 Å². The summed E-state index contributed by atoms with van der Waals surface area (Å²) in [7, 11) is 0. The predicted molar refractivity (Wildman–Crippen MR) is 128 cm³/mol. The molecule has 0 amide bonds. The van der Waals surface area contributed by atoms with Crippen molar-refractivity contribution in [3.05, 3.63) is 114 Å². The zero-order chi connectivity index (χ0) is 20.9. The molecule has 0 aromatic heterocycles. The fourth-order valence-corrected chi connectivity index (χ4v) is 3.85. The van der Waals surface area contributed by atoms with Crippen molar-refractivity contribution in [3.63, 3.8) is 0 Å². The molecule has 1 aliphatic rings. The van der Waals surface area contributed by atoms with Gasteiger partial charge in [-0.2, -0.15) is 41.3 Å². The van der Waals surface area contributed by atoms with Gasteiger partial charge in [-0.25, -0.2) is 0 Å². The van der Waals surface area contributed by atoms with Crippen molar-refractivity contribution in [3.8, 4) is 0 Å². The van der Waals surface area contributed by atoms with E-state index in [1.807, 2.05) is 0 Å². The van der Waals surface area contributed by atoms with Crippen molar-refractivity contribution >= 4 is 35.5 Å². The summed E-state index contributed by atoms with van der Waals surface area (Å²) in [6.45, 7) is 4.25. The normalized spacial score (nSPS) is 11.6. The first-order valence-corrected chi connectivity index (χ1v) is 11.5. The van der Waals surface area contributed by atoms with E-state index in [1.54, 1.807) is 24.2 Å². The van der Waals surface area contributed by atoms with Crippen molar-refractivity contribution in [2.75, 3.05) is 0 Å². The predicted octanol–water partition coefficient (Wildman–Crippen LogP) is 7.56. The molecule has 30 heavy (non-hydrogen) atoms. The van der Waals surface area contributed by atoms with Crippen LogP contribution in [0, 0.1) is 6.08 Å². The Labute approximate surface area is 193 Å². The van der Waals surface area contributed by atoms with Gasteiger partial charge in [0.15, 0.2) is 0 Å². The zero-order valence-corrected chi connectivity index (χ0v) is 19.9. The molecule has 0 atom stereocenters. The maximum Gasteiger partial charge on any atom is -0.0188 e. The van der Waals surface area contributed by atoms with E-state index < -0.39 is 0 Å². The van der Waals surface area contributed by atoms with Gasteiger partial charge in [0.25, 0.3) is 0 Å². The molecular formula is C29H24Zr. The van der Waals surface area contributed by atoms with Gasteiger partial charge in [-0.3, -0.25) is 0 Å². The van der Waals surface area contributed by atoms with Gasteiger partial charge >= 0.3 is 41.3 Å². The molecule has 0 heterocycles. The Morgan fingerprint density at radius 1 is 0.800 bits per heavy atom. The van der Waals surface area contributed by atoms with Crippen LogP contribution in [0.3, 0.4) is 0 Å². The number of hydrogen-bond donors (Lipinski definition) is 0. The fourth-order valence-electron chi connectivity index (χ4n) is 3.85. The molecule has 0 saturated carbocycles. The van der Waals surface area contributed by atoms with Gasteiger partial charge in [-0.15, -0.1) is 41.3 Å². The molecule has 6 rings (SSSR count). The molecule has 0 nitrogen and oxygen atoms in total. The molecule has 0 aliphatic heterocycles. The van der Waals surface area contributed by atoms with Crippen LogP contribution in [0.4, 0.5) is 0 Å². The van der Waals surface area contributed by atoms with Crippen LogP contribution in [-0.2, 0) is 30.7 Å². The molecule has 5 aromatic carbocycles. The fraction of sp³-hybridized carbons (Fsp3) is 0.103. The van der Waals surface area contributed by atoms with Crippen molar-refractivity contribution < 1.29 is 24.2 Å². The molecule has 0 unspecified atom stereocenters. The van der Waals surface area contributed by atoms with Crippen LogP contribution in [0.5, 0.6) is 0 Å². The van der Waals surface area contributed by atoms with Gasteiger partial charge in [-0.05, 0) is 16.2 Å². The molecule has 1 heteroatoms. The smallest absolute Gasteiger partial charge is 0.0188 e. The molecule has 0 N–H and O–H groups in total. The first kappa shape index (κ1) is 20.8. The van der Waals surface area contributed by atoms with Crippen molar-refractivity contribution in [2.45, 2.75) is 20.3 Å². The van der Waals surface area contributed by atoms with E-state index >= 15 is 0 Å². The quantitative estimate of drug-likeness (QED) is 0.164. The van der Waals surface area contributed by atoms with Crippen LogP contribution in [0.1, 0.15) is 25.0 Å². The Kier molecular flexibility index (Phi) is 6.60. The maximum atomic E-state index is 3.33. The van der Waals surface area contributed by atoms with Gasteiger partial charge in [-0.1, -0.05) is 54.3 Å². The summed E-state index contributed by atoms with van der Waals surface area (Å²) in [5.41, 5.74) is 2.69. The third-order valence-corrected chi connectivity index (χ3v) is 5.13. The summed E-state index contributed by atoms with van der Waals surface area (Å²) in [4.78, 5) is 0. The minimum Gasteiger partial charge on any atom is -0.189 e. The Morgan fingerprint density at radius 2 is 1.47 bits per heavy atom. The van der Waals surface area contributed by atoms with E-state index in [2.05, 4.69) is 117 Å². The van der Waals surface area contributed by atoms with Crippen LogP contribution in [0.25, 0.3) is 32.3 Å². The SMILES string of the molecule is C[C](C)=[Zr+2].[C-]1=CCc2c1ccc1ccc3ccccc3c21.c1ccc2[cH-]ccc2c1. The first-order chi connectivity index (χ1) is 14.6. The average Bonchev–Trinajstić information content (AvgIpc) is 3.42. The maximum absolute atomic E-state index is 3.33. The molecule has 1 aliphatic carbocycles. The van der Waals surface area contributed by atoms with Crippen molar-refractivity contribution in [1.29, 1.82) is 0 Å². The van der Waals surface area contributed by atoms with Crippen LogP contribution < -0.4 is 0 Å². The molecule has 0 spiro atoms. The Hall–Kier alpha value is -2.50. The van der Waals surface area contributed by atoms with Crippen molar-refractivity contribution in [2.24, 2.45) is 0 Å². The molecule has 0 bridgehead atoms. The number of hydrogen-bond acceptors (Lipinski definition) is 0. The summed E-state index contributed by atoms with van der Waals surface area (Å²) in [5.74, 6) is 0. The second-order valence-corrected chi connectivity index (χ2v) is 10.1. The summed E-state index contributed by atoms with van der Waals surface area (Å²) in [5, 5.41) is 8.08. The Morgan fingerprint density at radius 3 is 2.27 bits per heavy atom. The minimum atomic E-state index is 1.01. The van der Waals surface area contributed by atoms with Gasteiger partial charge in [0.2, 0.25) is 0 Å². The summed E-state index contributed by atoms with van der Waals surface area (Å²) < 4.78 is 1.51. The molecule has 0 fully saturated rings. The van der Waals surface area contributed by atoms with E-state index in [0.29, 0.717) is 0 Å². The second-order valence-electron chi connectivity index (χ2n) is 7.68. The minimum absolute atomic E-state index is 1.01. The standard InChI is InChI=1S/C17H11.C9H7.C3H6.Zr/c1-2-6-15-12(4-1)8-10-14-11-9-13-5-3-7-16(13)17(14)15;1-2-5-9-7-3-6-8(9)4-1;1-3-2;/h1-4,6,8-11H,7H2;1-7H;1-2H3;/q2*-1;;+2. The summed E-state index contributed by atoms with van der Waals surface area (Å²) in [6, 6.07) is 32.1. The molecule has 0 radical (unpaired) electrons. The van der Waals surface area contributed by atoms with E-state index in [1.165, 1.54) is 46.7 Å². The third-order valence-electron chi connectivity index (χ3n) is 5.13. The largest absolute Gasteiger partial charge is 0.189 e. The van der Waals surface area contributed by atoms with Gasteiger partial charge < -0.3 is 0 Å². The number of fused-ring (bicyclic) bond motifs is 6. The topological polar surface area (TPSA) is 0 Å². The Balaban J connectivity index is 0.000000141. The zero-order valence-electron chi connectivity index (χ0n) is 17.4. The van der Waals surface area contributed by atoms with E-state index in [9.17, 15) is 0 Å². The molecular weight excluding hydrogens is 440 g/mol. The van der Waals surface area contributed by atoms with Gasteiger partial charge in [0, 0.05) is 0 Å². The Bertz CT molecular complexity index is 1320. The molecule has 0 saturated heterocycles. The van der Waals surface area contributed by atoms with Crippen LogP contribution >= 0.6 is 0 Å². The number of benzene rings is 4. The van der Waals surface area contributed by atoms with E-state index in [-0.39, 0.29) is 0 Å². The number of rotatable bonds is 0. The van der Waals surface area contributed by atoms with E-state index in [0.717, 1.165) is 6.42 Å². The first-order valence-electron chi connectivity index (χ1n) is 10.3. The number of allylic oxidation sites excluding steroid dienone is 1. The second kappa shape index (κ2) is 9.54. The van der Waals surface area contributed by atoms with Gasteiger partial charge in [0.05, 0.1) is 0 Å². The average molecular weight is 464 g/mol. The summed E-state index contributed by atoms with van der Waals surface area (Å²) in [6.07, 6.45) is 6.48.